The van der Waals surface area contributed by atoms with Crippen LogP contribution in [0.2, 0.25) is 0 Å². The van der Waals surface area contributed by atoms with Crippen LogP contribution in [0.5, 0.6) is 0 Å². The van der Waals surface area contributed by atoms with Crippen LogP contribution in [-0.4, -0.2) is 50.6 Å². The van der Waals surface area contributed by atoms with Gasteiger partial charge in [-0.15, -0.1) is 0 Å². The third-order valence-electron chi connectivity index (χ3n) is 6.86. The molecule has 1 atom stereocenters. The molecule has 1 fully saturated rings. The first-order chi connectivity index (χ1) is 16.6. The van der Waals surface area contributed by atoms with Gasteiger partial charge in [0.15, 0.2) is 0 Å². The Balaban J connectivity index is 1.62. The van der Waals surface area contributed by atoms with Crippen molar-refractivity contribution in [1.82, 2.24) is 19.8 Å². The summed E-state index contributed by atoms with van der Waals surface area (Å²) in [4.78, 5) is 37.2. The molecule has 2 N–H and O–H groups in total. The number of carbonyl (C=O) groups excluding carboxylic acids is 2. The highest BCUT2D eigenvalue weighted by Crippen LogP contribution is 2.42. The van der Waals surface area contributed by atoms with E-state index in [0.29, 0.717) is 19.6 Å². The first kappa shape index (κ1) is 23.2. The molecule has 5 rings (SSSR count). The molecule has 1 saturated heterocycles. The Morgan fingerprint density at radius 1 is 1.23 bits per heavy atom. The summed E-state index contributed by atoms with van der Waals surface area (Å²) in [5.41, 5.74) is 6.28. The number of benzene rings is 1. The zero-order chi connectivity index (χ0) is 24.9. The maximum absolute atomic E-state index is 13.1. The summed E-state index contributed by atoms with van der Waals surface area (Å²) in [6, 6.07) is 6.11. The van der Waals surface area contributed by atoms with E-state index in [2.05, 4.69) is 34.3 Å². The second-order valence-corrected chi connectivity index (χ2v) is 10.5. The van der Waals surface area contributed by atoms with Crippen molar-refractivity contribution >= 4 is 28.8 Å². The first-order valence-corrected chi connectivity index (χ1v) is 12.3. The molecule has 8 heteroatoms. The number of rotatable bonds is 3. The number of ether oxygens (including phenoxy) is 1. The Hall–Kier alpha value is -3.55. The number of aryl methyl sites for hydroxylation is 1. The molecule has 184 valence electrons. The van der Waals surface area contributed by atoms with Crippen molar-refractivity contribution in [2.75, 3.05) is 18.4 Å². The maximum Gasteiger partial charge on any atom is 0.410 e. The largest absolute Gasteiger partial charge is 0.444 e. The summed E-state index contributed by atoms with van der Waals surface area (Å²) in [5.74, 6) is 0. The molecule has 2 aromatic heterocycles. The van der Waals surface area contributed by atoms with Gasteiger partial charge in [-0.1, -0.05) is 0 Å². The van der Waals surface area contributed by atoms with Gasteiger partial charge in [-0.05, 0) is 82.3 Å². The third kappa shape index (κ3) is 4.33. The average molecular weight is 476 g/mol. The van der Waals surface area contributed by atoms with Gasteiger partial charge in [-0.2, -0.15) is 0 Å². The van der Waals surface area contributed by atoms with E-state index >= 15 is 0 Å². The topological polar surface area (TPSA) is 90.6 Å². The van der Waals surface area contributed by atoms with Crippen LogP contribution in [-0.2, 0) is 11.3 Å². The van der Waals surface area contributed by atoms with E-state index in [1.54, 1.807) is 4.90 Å². The smallest absolute Gasteiger partial charge is 0.410 e. The minimum atomic E-state index is -0.562. The number of urea groups is 1. The van der Waals surface area contributed by atoms with E-state index in [9.17, 15) is 9.59 Å². The number of aromatic amines is 1. The molecule has 4 heterocycles. The highest BCUT2D eigenvalue weighted by molar-refractivity contribution is 5.94. The van der Waals surface area contributed by atoms with E-state index in [4.69, 9.17) is 4.74 Å². The molecule has 0 saturated carbocycles. The molecule has 8 nitrogen and oxygen atoms in total. The summed E-state index contributed by atoms with van der Waals surface area (Å²) in [6.45, 7) is 11.5. The zero-order valence-electron chi connectivity index (χ0n) is 21.1. The Morgan fingerprint density at radius 3 is 2.77 bits per heavy atom. The number of nitrogens with zero attached hydrogens (tertiary/aromatic N) is 3. The molecule has 0 radical (unpaired) electrons. The number of carbonyl (C=O) groups is 2. The van der Waals surface area contributed by atoms with Crippen molar-refractivity contribution in [1.29, 1.82) is 0 Å². The fourth-order valence-corrected chi connectivity index (χ4v) is 5.08. The highest BCUT2D eigenvalue weighted by Gasteiger charge is 2.36. The molecule has 2 aliphatic rings. The van der Waals surface area contributed by atoms with Crippen LogP contribution in [0.4, 0.5) is 15.3 Å². The molecule has 3 amide bonds. The van der Waals surface area contributed by atoms with Gasteiger partial charge in [0.25, 0.3) is 0 Å². The van der Waals surface area contributed by atoms with Crippen LogP contribution in [0.25, 0.3) is 22.2 Å². The SMILES string of the molecule is CCN1Cc2c(cc(-c3cnc4[nH]cc(C)c4c3)cc2C2CCCN2C(=O)OC(C)(C)C)NC1=O. The lowest BCUT2D eigenvalue weighted by atomic mass is 9.91. The Labute approximate surface area is 205 Å². The van der Waals surface area contributed by atoms with Crippen molar-refractivity contribution in [3.05, 3.63) is 47.3 Å². The number of likely N-dealkylation sites (tertiary alicyclic amines) is 1. The summed E-state index contributed by atoms with van der Waals surface area (Å²) in [5, 5.41) is 4.16. The molecular weight excluding hydrogens is 442 g/mol. The van der Waals surface area contributed by atoms with Gasteiger partial charge < -0.3 is 24.8 Å². The summed E-state index contributed by atoms with van der Waals surface area (Å²) >= 11 is 0. The van der Waals surface area contributed by atoms with Gasteiger partial charge in [0.05, 0.1) is 6.04 Å². The Kier molecular flexibility index (Phi) is 5.69. The number of hydrogen-bond acceptors (Lipinski definition) is 4. The monoisotopic (exact) mass is 475 g/mol. The number of fused-ring (bicyclic) bond motifs is 2. The standard InChI is InChI=1S/C27H33N5O3/c1-6-31-15-21-20(23-8-7-9-32(23)26(34)35-27(3,4)5)10-17(12-22(21)30-25(31)33)18-11-19-16(2)13-28-24(19)29-14-18/h10-14,23H,6-9,15H2,1-5H3,(H,28,29)(H,30,33). The van der Waals surface area contributed by atoms with Crippen LogP contribution in [0.1, 0.15) is 63.3 Å². The lowest BCUT2D eigenvalue weighted by Gasteiger charge is -2.34. The normalized spacial score (nSPS) is 18.1. The average Bonchev–Trinajstić information content (AvgIpc) is 3.44. The molecule has 0 bridgehead atoms. The molecule has 1 unspecified atom stereocenters. The van der Waals surface area contributed by atoms with Gasteiger partial charge in [0, 0.05) is 54.2 Å². The molecule has 3 aromatic rings. The highest BCUT2D eigenvalue weighted by atomic mass is 16.6. The Morgan fingerprint density at radius 2 is 2.03 bits per heavy atom. The third-order valence-corrected chi connectivity index (χ3v) is 6.86. The Bertz CT molecular complexity index is 1310. The van der Waals surface area contributed by atoms with Crippen LogP contribution < -0.4 is 5.32 Å². The van der Waals surface area contributed by atoms with Crippen LogP contribution in [0, 0.1) is 6.92 Å². The van der Waals surface area contributed by atoms with Crippen molar-refractivity contribution < 1.29 is 14.3 Å². The molecule has 0 spiro atoms. The number of hydrogen-bond donors (Lipinski definition) is 2. The minimum absolute atomic E-state index is 0.103. The van der Waals surface area contributed by atoms with Gasteiger partial charge >= 0.3 is 12.1 Å². The molecule has 0 aliphatic carbocycles. The number of nitrogens with one attached hydrogen (secondary N) is 2. The summed E-state index contributed by atoms with van der Waals surface area (Å²) in [7, 11) is 0. The predicted molar refractivity (Wildman–Crippen MR) is 136 cm³/mol. The van der Waals surface area contributed by atoms with Crippen LogP contribution in [0.3, 0.4) is 0 Å². The zero-order valence-corrected chi connectivity index (χ0v) is 21.1. The number of amides is 3. The van der Waals surface area contributed by atoms with E-state index < -0.39 is 5.60 Å². The molecule has 35 heavy (non-hydrogen) atoms. The lowest BCUT2D eigenvalue weighted by molar-refractivity contribution is 0.0223. The number of pyridine rings is 1. The minimum Gasteiger partial charge on any atom is -0.444 e. The van der Waals surface area contributed by atoms with Gasteiger partial charge in [0.2, 0.25) is 0 Å². The summed E-state index contributed by atoms with van der Waals surface area (Å²) in [6.07, 6.45) is 5.27. The van der Waals surface area contributed by atoms with Crippen molar-refractivity contribution in [2.45, 2.75) is 65.6 Å². The second kappa shape index (κ2) is 8.59. The van der Waals surface area contributed by atoms with Crippen LogP contribution in [0.15, 0.2) is 30.6 Å². The van der Waals surface area contributed by atoms with E-state index in [1.807, 2.05) is 51.1 Å². The first-order valence-electron chi connectivity index (χ1n) is 12.3. The fourth-order valence-electron chi connectivity index (χ4n) is 5.08. The predicted octanol–water partition coefficient (Wildman–Crippen LogP) is 5.98. The number of H-pyrrole nitrogens is 1. The summed E-state index contributed by atoms with van der Waals surface area (Å²) < 4.78 is 5.74. The van der Waals surface area contributed by atoms with E-state index in [1.165, 1.54) is 0 Å². The van der Waals surface area contributed by atoms with Crippen molar-refractivity contribution in [3.63, 3.8) is 0 Å². The quantitative estimate of drug-likeness (QED) is 0.488. The van der Waals surface area contributed by atoms with Gasteiger partial charge in [-0.3, -0.25) is 0 Å². The maximum atomic E-state index is 13.1. The van der Waals surface area contributed by atoms with Crippen LogP contribution >= 0.6 is 0 Å². The lowest BCUT2D eigenvalue weighted by Crippen LogP contribution is -2.40. The van der Waals surface area contributed by atoms with E-state index in [-0.39, 0.29) is 18.2 Å². The fraction of sp³-hybridized carbons (Fsp3) is 0.444. The van der Waals surface area contributed by atoms with Gasteiger partial charge in [-0.25, -0.2) is 14.6 Å². The number of anilines is 1. The molecule has 2 aliphatic heterocycles. The molecule has 1 aromatic carbocycles. The van der Waals surface area contributed by atoms with Crippen molar-refractivity contribution in [2.24, 2.45) is 0 Å². The van der Waals surface area contributed by atoms with Gasteiger partial charge in [0.1, 0.15) is 11.2 Å². The van der Waals surface area contributed by atoms with E-state index in [0.717, 1.165) is 57.4 Å². The second-order valence-electron chi connectivity index (χ2n) is 10.5. The number of aromatic nitrogens is 2. The van der Waals surface area contributed by atoms with Crippen molar-refractivity contribution in [3.8, 4) is 11.1 Å². The molecular formula is C27H33N5O3.